The first kappa shape index (κ1) is 18.4. The van der Waals surface area contributed by atoms with Gasteiger partial charge in [-0.3, -0.25) is 14.4 Å². The fourth-order valence-corrected chi connectivity index (χ4v) is 5.37. The average Bonchev–Trinajstić information content (AvgIpc) is 3.47. The average molecular weight is 408 g/mol. The molecule has 2 saturated heterocycles. The van der Waals surface area contributed by atoms with E-state index in [2.05, 4.69) is 49.9 Å². The van der Waals surface area contributed by atoms with Gasteiger partial charge in [-0.1, -0.05) is 24.3 Å². The van der Waals surface area contributed by atoms with Crippen LogP contribution in [0.4, 0.5) is 5.69 Å². The molecule has 1 aromatic carbocycles. The van der Waals surface area contributed by atoms with Gasteiger partial charge in [-0.15, -0.1) is 11.3 Å². The molecule has 6 nitrogen and oxygen atoms in total. The van der Waals surface area contributed by atoms with Gasteiger partial charge in [0.05, 0.1) is 18.6 Å². The maximum atomic E-state index is 12.8. The number of likely N-dealkylation sites (tertiary alicyclic amines) is 1. The first-order valence-corrected chi connectivity index (χ1v) is 10.9. The molecule has 2 aromatic heterocycles. The van der Waals surface area contributed by atoms with Gasteiger partial charge < -0.3 is 10.2 Å². The lowest BCUT2D eigenvalue weighted by Gasteiger charge is -2.43. The lowest BCUT2D eigenvalue weighted by molar-refractivity contribution is -0.125. The number of aromatic nitrogens is 2. The Morgan fingerprint density at radius 1 is 1.14 bits per heavy atom. The normalized spacial score (nSPS) is 19.1. The van der Waals surface area contributed by atoms with Crippen molar-refractivity contribution in [3.8, 4) is 10.4 Å². The number of piperidine rings is 1. The molecule has 0 saturated carbocycles. The summed E-state index contributed by atoms with van der Waals surface area (Å²) in [4.78, 5) is 18.8. The Balaban J connectivity index is 1.33. The Hall–Kier alpha value is -2.64. The number of anilines is 1. The number of thiophene rings is 1. The Morgan fingerprint density at radius 3 is 2.66 bits per heavy atom. The van der Waals surface area contributed by atoms with Crippen LogP contribution in [0.1, 0.15) is 18.5 Å². The van der Waals surface area contributed by atoms with Gasteiger partial charge in [-0.25, -0.2) is 0 Å². The smallest absolute Gasteiger partial charge is 0.247 e. The van der Waals surface area contributed by atoms with E-state index in [0.717, 1.165) is 38.2 Å². The van der Waals surface area contributed by atoms with E-state index >= 15 is 0 Å². The minimum absolute atomic E-state index is 0.167. The highest BCUT2D eigenvalue weighted by Crippen LogP contribution is 2.37. The molecule has 150 valence electrons. The van der Waals surface area contributed by atoms with Gasteiger partial charge in [0.15, 0.2) is 0 Å². The number of nitrogens with one attached hydrogen (secondary N) is 1. The van der Waals surface area contributed by atoms with E-state index in [1.54, 1.807) is 11.3 Å². The van der Waals surface area contributed by atoms with Crippen LogP contribution in [0.2, 0.25) is 0 Å². The quantitative estimate of drug-likeness (QED) is 0.722. The summed E-state index contributed by atoms with van der Waals surface area (Å²) in [7, 11) is 2.01. The molecule has 2 aliphatic rings. The molecule has 0 atom stereocenters. The molecule has 0 radical (unpaired) electrons. The summed E-state index contributed by atoms with van der Waals surface area (Å²) in [6, 6.07) is 14.5. The van der Waals surface area contributed by atoms with Crippen molar-refractivity contribution in [2.45, 2.75) is 24.9 Å². The molecule has 2 aliphatic heterocycles. The van der Waals surface area contributed by atoms with Gasteiger partial charge >= 0.3 is 0 Å². The zero-order valence-electron chi connectivity index (χ0n) is 16.5. The summed E-state index contributed by atoms with van der Waals surface area (Å²) in [6.07, 6.45) is 3.63. The molecule has 1 spiro atoms. The van der Waals surface area contributed by atoms with Crippen LogP contribution in [0.25, 0.3) is 10.4 Å². The number of carbonyl (C=O) groups is 1. The van der Waals surface area contributed by atoms with Crippen LogP contribution in [-0.2, 0) is 18.4 Å². The van der Waals surface area contributed by atoms with E-state index in [4.69, 9.17) is 0 Å². The maximum Gasteiger partial charge on any atom is 0.247 e. The predicted molar refractivity (Wildman–Crippen MR) is 116 cm³/mol. The highest BCUT2D eigenvalue weighted by molar-refractivity contribution is 7.13. The number of rotatable bonds is 4. The van der Waals surface area contributed by atoms with Crippen molar-refractivity contribution >= 4 is 22.9 Å². The molecule has 1 amide bonds. The summed E-state index contributed by atoms with van der Waals surface area (Å²) in [5.41, 5.74) is 3.14. The monoisotopic (exact) mass is 407 g/mol. The lowest BCUT2D eigenvalue weighted by Crippen LogP contribution is -2.56. The topological polar surface area (TPSA) is 53.4 Å². The Kier molecular flexibility index (Phi) is 4.64. The standard InChI is InChI=1S/C22H25N5OS/c1-25-19(18(14-24-25)20-8-5-13-29-20)15-26-11-9-22(10-12-26)21(28)23-16-27(22)17-6-3-2-4-7-17/h2-8,13-14H,9-12,15-16H2,1H3,(H,23,28). The first-order valence-electron chi connectivity index (χ1n) is 10.1. The van der Waals surface area contributed by atoms with E-state index in [1.807, 2.05) is 36.1 Å². The van der Waals surface area contributed by atoms with Crippen LogP contribution >= 0.6 is 11.3 Å². The second-order valence-corrected chi connectivity index (χ2v) is 8.79. The molecule has 7 heteroatoms. The molecular weight excluding hydrogens is 382 g/mol. The van der Waals surface area contributed by atoms with Gasteiger partial charge in [0.2, 0.25) is 5.91 Å². The number of carbonyl (C=O) groups excluding carboxylic acids is 1. The molecule has 0 bridgehead atoms. The van der Waals surface area contributed by atoms with Gasteiger partial charge in [-0.2, -0.15) is 5.10 Å². The first-order chi connectivity index (χ1) is 14.2. The Bertz CT molecular complexity index is 990. The second-order valence-electron chi connectivity index (χ2n) is 7.84. The fraction of sp³-hybridized carbons (Fsp3) is 0.364. The number of nitrogens with zero attached hydrogens (tertiary/aromatic N) is 4. The number of hydrogen-bond acceptors (Lipinski definition) is 5. The minimum atomic E-state index is -0.430. The van der Waals surface area contributed by atoms with Crippen LogP contribution in [0, 0.1) is 0 Å². The predicted octanol–water partition coefficient (Wildman–Crippen LogP) is 3.08. The van der Waals surface area contributed by atoms with Gasteiger partial charge in [0, 0.05) is 42.8 Å². The molecule has 4 heterocycles. The minimum Gasteiger partial charge on any atom is -0.339 e. The van der Waals surface area contributed by atoms with E-state index in [0.29, 0.717) is 6.67 Å². The van der Waals surface area contributed by atoms with Crippen molar-refractivity contribution in [1.29, 1.82) is 0 Å². The van der Waals surface area contributed by atoms with Crippen molar-refractivity contribution in [3.63, 3.8) is 0 Å². The number of amides is 1. The van der Waals surface area contributed by atoms with E-state index in [-0.39, 0.29) is 5.91 Å². The fourth-order valence-electron chi connectivity index (χ4n) is 4.61. The maximum absolute atomic E-state index is 12.8. The molecule has 1 N–H and O–H groups in total. The van der Waals surface area contributed by atoms with Crippen LogP contribution in [-0.4, -0.2) is 45.9 Å². The number of benzene rings is 1. The summed E-state index contributed by atoms with van der Waals surface area (Å²) in [6.45, 7) is 3.23. The van der Waals surface area contributed by atoms with E-state index in [9.17, 15) is 4.79 Å². The Morgan fingerprint density at radius 2 is 1.93 bits per heavy atom. The van der Waals surface area contributed by atoms with Gasteiger partial charge in [0.25, 0.3) is 0 Å². The number of hydrogen-bond donors (Lipinski definition) is 1. The van der Waals surface area contributed by atoms with Crippen molar-refractivity contribution in [2.75, 3.05) is 24.7 Å². The molecule has 5 rings (SSSR count). The summed E-state index contributed by atoms with van der Waals surface area (Å²) in [5.74, 6) is 0.167. The van der Waals surface area contributed by atoms with Crippen LogP contribution in [0.5, 0.6) is 0 Å². The van der Waals surface area contributed by atoms with Crippen molar-refractivity contribution in [1.82, 2.24) is 20.0 Å². The molecule has 2 fully saturated rings. The van der Waals surface area contributed by atoms with Crippen molar-refractivity contribution < 1.29 is 4.79 Å². The molecule has 0 aliphatic carbocycles. The summed E-state index contributed by atoms with van der Waals surface area (Å²) >= 11 is 1.75. The second kappa shape index (κ2) is 7.31. The van der Waals surface area contributed by atoms with Crippen LogP contribution in [0.15, 0.2) is 54.0 Å². The molecule has 0 unspecified atom stereocenters. The SMILES string of the molecule is Cn1ncc(-c2cccs2)c1CN1CCC2(CC1)C(=O)NCN2c1ccccc1. The zero-order valence-corrected chi connectivity index (χ0v) is 17.4. The molecular formula is C22H25N5OS. The highest BCUT2D eigenvalue weighted by Gasteiger charge is 2.50. The third kappa shape index (κ3) is 3.14. The largest absolute Gasteiger partial charge is 0.339 e. The van der Waals surface area contributed by atoms with E-state index in [1.165, 1.54) is 16.1 Å². The van der Waals surface area contributed by atoms with E-state index < -0.39 is 5.54 Å². The lowest BCUT2D eigenvalue weighted by atomic mass is 9.85. The van der Waals surface area contributed by atoms with Gasteiger partial charge in [-0.05, 0) is 36.4 Å². The van der Waals surface area contributed by atoms with Crippen LogP contribution in [0.3, 0.4) is 0 Å². The summed E-state index contributed by atoms with van der Waals surface area (Å²) in [5, 5.41) is 9.68. The third-order valence-corrected chi connectivity index (χ3v) is 7.21. The molecule has 29 heavy (non-hydrogen) atoms. The summed E-state index contributed by atoms with van der Waals surface area (Å²) < 4.78 is 1.98. The number of aryl methyl sites for hydroxylation is 1. The third-order valence-electron chi connectivity index (χ3n) is 6.31. The van der Waals surface area contributed by atoms with Crippen molar-refractivity contribution in [3.05, 3.63) is 59.7 Å². The highest BCUT2D eigenvalue weighted by atomic mass is 32.1. The molecule has 3 aromatic rings. The Labute approximate surface area is 174 Å². The van der Waals surface area contributed by atoms with Crippen molar-refractivity contribution in [2.24, 2.45) is 7.05 Å². The zero-order chi connectivity index (χ0) is 19.8. The number of para-hydroxylation sites is 1. The van der Waals surface area contributed by atoms with Gasteiger partial charge in [0.1, 0.15) is 5.54 Å². The van der Waals surface area contributed by atoms with Crippen LogP contribution < -0.4 is 10.2 Å².